The molecular weight excluding hydrogens is 192 g/mol. The Morgan fingerprint density at radius 2 is 2.07 bits per heavy atom. The van der Waals surface area contributed by atoms with E-state index in [0.717, 1.165) is 11.1 Å². The fourth-order valence-electron chi connectivity index (χ4n) is 2.42. The number of esters is 1. The van der Waals surface area contributed by atoms with Gasteiger partial charge in [-0.2, -0.15) is 0 Å². The third kappa shape index (κ3) is 1.00. The van der Waals surface area contributed by atoms with Gasteiger partial charge in [0, 0.05) is 17.5 Å². The molecule has 1 unspecified atom stereocenters. The van der Waals surface area contributed by atoms with Crippen LogP contribution in [-0.4, -0.2) is 11.8 Å². The molecule has 0 bridgehead atoms. The lowest BCUT2D eigenvalue weighted by molar-refractivity contribution is 0.0421. The van der Waals surface area contributed by atoms with Crippen LogP contribution in [0.4, 0.5) is 0 Å². The van der Waals surface area contributed by atoms with Gasteiger partial charge in [0.2, 0.25) is 0 Å². The van der Waals surface area contributed by atoms with Gasteiger partial charge in [-0.25, -0.2) is 4.79 Å². The highest BCUT2D eigenvalue weighted by molar-refractivity contribution is 6.06. The molecule has 1 aromatic carbocycles. The van der Waals surface area contributed by atoms with Crippen molar-refractivity contribution >= 4 is 11.8 Å². The minimum Gasteiger partial charge on any atom is -0.454 e. The van der Waals surface area contributed by atoms with E-state index in [1.807, 2.05) is 19.1 Å². The summed E-state index contributed by atoms with van der Waals surface area (Å²) in [5, 5.41) is 0. The third-order valence-corrected chi connectivity index (χ3v) is 3.17. The van der Waals surface area contributed by atoms with Gasteiger partial charge in [0.15, 0.2) is 5.78 Å². The number of rotatable bonds is 0. The highest BCUT2D eigenvalue weighted by atomic mass is 16.5. The summed E-state index contributed by atoms with van der Waals surface area (Å²) in [4.78, 5) is 23.1. The van der Waals surface area contributed by atoms with Crippen molar-refractivity contribution in [3.63, 3.8) is 0 Å². The minimum absolute atomic E-state index is 0.139. The van der Waals surface area contributed by atoms with Crippen LogP contribution in [0.2, 0.25) is 0 Å². The van der Waals surface area contributed by atoms with E-state index in [-0.39, 0.29) is 17.9 Å². The molecule has 0 N–H and O–H groups in total. The summed E-state index contributed by atoms with van der Waals surface area (Å²) in [7, 11) is 0. The van der Waals surface area contributed by atoms with Gasteiger partial charge in [0.1, 0.15) is 6.10 Å². The van der Waals surface area contributed by atoms with Crippen molar-refractivity contribution in [2.24, 2.45) is 0 Å². The van der Waals surface area contributed by atoms with Crippen molar-refractivity contribution < 1.29 is 14.3 Å². The monoisotopic (exact) mass is 202 g/mol. The van der Waals surface area contributed by atoms with Gasteiger partial charge in [-0.1, -0.05) is 12.1 Å². The Bertz CT molecular complexity index is 488. The SMILES string of the molecule is CC1OC(=O)c2c1ccc1c2CCC1=O. The first kappa shape index (κ1) is 8.65. The molecule has 0 spiro atoms. The van der Waals surface area contributed by atoms with Crippen LogP contribution in [0.15, 0.2) is 12.1 Å². The second-order valence-corrected chi connectivity index (χ2v) is 4.03. The number of carbonyl (C=O) groups is 2. The number of benzene rings is 1. The molecule has 2 aliphatic rings. The van der Waals surface area contributed by atoms with Crippen LogP contribution in [0.3, 0.4) is 0 Å². The second-order valence-electron chi connectivity index (χ2n) is 4.03. The zero-order valence-corrected chi connectivity index (χ0v) is 8.37. The van der Waals surface area contributed by atoms with E-state index in [1.54, 1.807) is 0 Å². The lowest BCUT2D eigenvalue weighted by Gasteiger charge is -2.03. The fourth-order valence-corrected chi connectivity index (χ4v) is 2.42. The molecular formula is C12H10O3. The molecule has 0 amide bonds. The van der Waals surface area contributed by atoms with E-state index in [0.29, 0.717) is 24.0 Å². The molecule has 15 heavy (non-hydrogen) atoms. The summed E-state index contributed by atoms with van der Waals surface area (Å²) >= 11 is 0. The smallest absolute Gasteiger partial charge is 0.339 e. The summed E-state index contributed by atoms with van der Waals surface area (Å²) in [6.45, 7) is 1.85. The van der Waals surface area contributed by atoms with Gasteiger partial charge < -0.3 is 4.74 Å². The first-order valence-corrected chi connectivity index (χ1v) is 5.08. The zero-order valence-electron chi connectivity index (χ0n) is 8.37. The Labute approximate surface area is 87.0 Å². The Morgan fingerprint density at radius 1 is 1.27 bits per heavy atom. The van der Waals surface area contributed by atoms with Gasteiger partial charge in [-0.3, -0.25) is 4.79 Å². The first-order valence-electron chi connectivity index (χ1n) is 5.08. The van der Waals surface area contributed by atoms with Crippen LogP contribution in [0, 0.1) is 0 Å². The Morgan fingerprint density at radius 3 is 2.87 bits per heavy atom. The van der Waals surface area contributed by atoms with Gasteiger partial charge in [0.05, 0.1) is 5.56 Å². The van der Waals surface area contributed by atoms with Gasteiger partial charge in [-0.05, 0) is 18.9 Å². The topological polar surface area (TPSA) is 43.4 Å². The average molecular weight is 202 g/mol. The molecule has 1 aliphatic heterocycles. The maximum Gasteiger partial charge on any atom is 0.339 e. The summed E-state index contributed by atoms with van der Waals surface area (Å²) in [5.74, 6) is -0.135. The normalized spacial score (nSPS) is 22.6. The van der Waals surface area contributed by atoms with E-state index in [2.05, 4.69) is 0 Å². The van der Waals surface area contributed by atoms with Gasteiger partial charge in [0.25, 0.3) is 0 Å². The molecule has 0 fully saturated rings. The Hall–Kier alpha value is -1.64. The predicted molar refractivity (Wildman–Crippen MR) is 52.9 cm³/mol. The van der Waals surface area contributed by atoms with Crippen LogP contribution in [0.25, 0.3) is 0 Å². The Balaban J connectivity index is 2.30. The van der Waals surface area contributed by atoms with Gasteiger partial charge >= 0.3 is 5.97 Å². The highest BCUT2D eigenvalue weighted by Gasteiger charge is 2.34. The average Bonchev–Trinajstić information content (AvgIpc) is 2.70. The van der Waals surface area contributed by atoms with Crippen molar-refractivity contribution in [1.82, 2.24) is 0 Å². The highest BCUT2D eigenvalue weighted by Crippen LogP contribution is 2.37. The molecule has 76 valence electrons. The number of Topliss-reactive ketones (excluding diaryl/α,β-unsaturated/α-hetero) is 1. The van der Waals surface area contributed by atoms with Crippen molar-refractivity contribution in [3.05, 3.63) is 34.4 Å². The molecule has 1 aromatic rings. The van der Waals surface area contributed by atoms with E-state index in [4.69, 9.17) is 4.74 Å². The van der Waals surface area contributed by atoms with Crippen LogP contribution in [0.1, 0.15) is 51.3 Å². The molecule has 0 aromatic heterocycles. The van der Waals surface area contributed by atoms with E-state index in [1.165, 1.54) is 0 Å². The Kier molecular flexibility index (Phi) is 1.55. The first-order chi connectivity index (χ1) is 7.18. The number of ether oxygens (including phenoxy) is 1. The van der Waals surface area contributed by atoms with Crippen LogP contribution in [-0.2, 0) is 11.2 Å². The number of hydrogen-bond donors (Lipinski definition) is 0. The number of carbonyl (C=O) groups excluding carboxylic acids is 2. The molecule has 1 aliphatic carbocycles. The molecule has 3 heteroatoms. The maximum atomic E-state index is 11.6. The summed E-state index contributed by atoms with van der Waals surface area (Å²) < 4.78 is 5.14. The van der Waals surface area contributed by atoms with Gasteiger partial charge in [-0.15, -0.1) is 0 Å². The standard InChI is InChI=1S/C12H10O3/c1-6-7-2-3-8-9(4-5-10(8)13)11(7)12(14)15-6/h2-3,6H,4-5H2,1H3. The molecule has 3 rings (SSSR count). The largest absolute Gasteiger partial charge is 0.454 e. The van der Waals surface area contributed by atoms with Crippen LogP contribution >= 0.6 is 0 Å². The van der Waals surface area contributed by atoms with Crippen molar-refractivity contribution in [1.29, 1.82) is 0 Å². The van der Waals surface area contributed by atoms with Crippen molar-refractivity contribution in [2.75, 3.05) is 0 Å². The molecule has 1 heterocycles. The van der Waals surface area contributed by atoms with Crippen LogP contribution in [0.5, 0.6) is 0 Å². The number of fused-ring (bicyclic) bond motifs is 3. The molecule has 0 saturated heterocycles. The molecule has 1 atom stereocenters. The van der Waals surface area contributed by atoms with Crippen molar-refractivity contribution in [3.8, 4) is 0 Å². The van der Waals surface area contributed by atoms with E-state index < -0.39 is 0 Å². The molecule has 0 radical (unpaired) electrons. The summed E-state index contributed by atoms with van der Waals surface area (Å²) in [6, 6.07) is 3.66. The number of hydrogen-bond acceptors (Lipinski definition) is 3. The molecule has 0 saturated carbocycles. The summed E-state index contributed by atoms with van der Waals surface area (Å²) in [6.07, 6.45) is 1.03. The minimum atomic E-state index is -0.274. The quantitative estimate of drug-likeness (QED) is 0.605. The lowest BCUT2D eigenvalue weighted by atomic mass is 9.97. The maximum absolute atomic E-state index is 11.6. The lowest BCUT2D eigenvalue weighted by Crippen LogP contribution is -2.00. The summed E-state index contributed by atoms with van der Waals surface area (Å²) in [5.41, 5.74) is 3.17. The van der Waals surface area contributed by atoms with Crippen LogP contribution < -0.4 is 0 Å². The third-order valence-electron chi connectivity index (χ3n) is 3.17. The van der Waals surface area contributed by atoms with E-state index in [9.17, 15) is 9.59 Å². The zero-order chi connectivity index (χ0) is 10.6. The molecule has 3 nitrogen and oxygen atoms in total. The van der Waals surface area contributed by atoms with E-state index >= 15 is 0 Å². The van der Waals surface area contributed by atoms with Crippen molar-refractivity contribution in [2.45, 2.75) is 25.9 Å². The number of cyclic esters (lactones) is 1. The second kappa shape index (κ2) is 2.69. The fraction of sp³-hybridized carbons (Fsp3) is 0.333. The predicted octanol–water partition coefficient (Wildman–Crippen LogP) is 2.05. The number of ketones is 1.